The highest BCUT2D eigenvalue weighted by atomic mass is 16.2. The van der Waals surface area contributed by atoms with E-state index in [-0.39, 0.29) is 5.91 Å². The van der Waals surface area contributed by atoms with Crippen LogP contribution in [0, 0.1) is 0 Å². The lowest BCUT2D eigenvalue weighted by atomic mass is 10.1. The number of carbonyl (C=O) groups excluding carboxylic acids is 1. The Hall–Kier alpha value is -4.65. The van der Waals surface area contributed by atoms with Crippen LogP contribution in [0.1, 0.15) is 39.7 Å². The molecule has 1 aliphatic heterocycles. The standard InChI is InChI=1S/C28H24N6O/c1-3-34-26-24(18-22(19-31-26)5-4-20-10-14-29-15-11-20)28(35)33(2)25-9-8-23(32-27(25)34)7-6-21-12-16-30-17-13-21/h4-19H,3H2,1-2H3. The van der Waals surface area contributed by atoms with Crippen molar-refractivity contribution in [2.24, 2.45) is 0 Å². The Morgan fingerprint density at radius 3 is 2.09 bits per heavy atom. The van der Waals surface area contributed by atoms with Gasteiger partial charge in [-0.2, -0.15) is 0 Å². The summed E-state index contributed by atoms with van der Waals surface area (Å²) >= 11 is 0. The number of fused-ring (bicyclic) bond motifs is 2. The Morgan fingerprint density at radius 2 is 1.43 bits per heavy atom. The Balaban J connectivity index is 1.53. The molecule has 4 aromatic rings. The average molecular weight is 461 g/mol. The second-order valence-electron chi connectivity index (χ2n) is 8.05. The SMILES string of the molecule is CCN1c2ncc(C=Cc3ccncc3)cc2C(=O)N(C)c2ccc(C=Cc3ccncc3)nc21. The molecular weight excluding hydrogens is 436 g/mol. The molecule has 0 atom stereocenters. The van der Waals surface area contributed by atoms with E-state index in [0.717, 1.165) is 28.1 Å². The number of pyridine rings is 4. The Kier molecular flexibility index (Phi) is 6.13. The van der Waals surface area contributed by atoms with Crippen LogP contribution >= 0.6 is 0 Å². The summed E-state index contributed by atoms with van der Waals surface area (Å²) < 4.78 is 0. The summed E-state index contributed by atoms with van der Waals surface area (Å²) in [6, 6.07) is 13.5. The molecule has 0 fully saturated rings. The molecule has 5 rings (SSSR count). The summed E-state index contributed by atoms with van der Waals surface area (Å²) in [4.78, 5) is 34.8. The van der Waals surface area contributed by atoms with Gasteiger partial charge in [0.2, 0.25) is 0 Å². The number of rotatable bonds is 5. The zero-order chi connectivity index (χ0) is 24.2. The lowest BCUT2D eigenvalue weighted by molar-refractivity contribution is 0.0994. The minimum Gasteiger partial charge on any atom is -0.309 e. The van der Waals surface area contributed by atoms with Gasteiger partial charge in [-0.05, 0) is 72.2 Å². The van der Waals surface area contributed by atoms with Crippen LogP contribution in [-0.2, 0) is 0 Å². The van der Waals surface area contributed by atoms with E-state index in [4.69, 9.17) is 9.97 Å². The Labute approximate surface area is 204 Å². The molecule has 4 aromatic heterocycles. The van der Waals surface area contributed by atoms with Crippen molar-refractivity contribution in [2.75, 3.05) is 23.4 Å². The van der Waals surface area contributed by atoms with E-state index in [0.29, 0.717) is 23.7 Å². The van der Waals surface area contributed by atoms with Gasteiger partial charge in [0.25, 0.3) is 5.91 Å². The first-order chi connectivity index (χ1) is 17.1. The quantitative estimate of drug-likeness (QED) is 0.399. The van der Waals surface area contributed by atoms with Crippen LogP contribution in [-0.4, -0.2) is 39.4 Å². The summed E-state index contributed by atoms with van der Waals surface area (Å²) in [6.45, 7) is 2.65. The normalized spacial score (nSPS) is 13.3. The third-order valence-electron chi connectivity index (χ3n) is 5.81. The van der Waals surface area contributed by atoms with E-state index in [2.05, 4.69) is 9.97 Å². The third kappa shape index (κ3) is 4.56. The van der Waals surface area contributed by atoms with Crippen LogP contribution in [0.15, 0.2) is 73.4 Å². The fourth-order valence-electron chi connectivity index (χ4n) is 3.96. The first-order valence-corrected chi connectivity index (χ1v) is 11.4. The fraction of sp³-hybridized carbons (Fsp3) is 0.107. The van der Waals surface area contributed by atoms with Crippen LogP contribution in [0.4, 0.5) is 17.3 Å². The van der Waals surface area contributed by atoms with Crippen molar-refractivity contribution in [1.29, 1.82) is 0 Å². The smallest absolute Gasteiger partial charge is 0.261 e. The molecule has 0 saturated heterocycles. The van der Waals surface area contributed by atoms with Crippen molar-refractivity contribution in [3.05, 3.63) is 101 Å². The highest BCUT2D eigenvalue weighted by Crippen LogP contribution is 2.38. The third-order valence-corrected chi connectivity index (χ3v) is 5.81. The molecule has 0 bridgehead atoms. The first kappa shape index (κ1) is 22.2. The summed E-state index contributed by atoms with van der Waals surface area (Å²) in [5.41, 5.74) is 4.98. The number of hydrogen-bond acceptors (Lipinski definition) is 6. The van der Waals surface area contributed by atoms with Crippen molar-refractivity contribution in [2.45, 2.75) is 6.92 Å². The largest absolute Gasteiger partial charge is 0.309 e. The van der Waals surface area contributed by atoms with Crippen LogP contribution < -0.4 is 9.80 Å². The van der Waals surface area contributed by atoms with E-state index in [9.17, 15) is 4.79 Å². The average Bonchev–Trinajstić information content (AvgIpc) is 3.00. The molecule has 1 amide bonds. The molecule has 0 aliphatic carbocycles. The predicted octanol–water partition coefficient (Wildman–Crippen LogP) is 5.36. The molecule has 0 N–H and O–H groups in total. The van der Waals surface area contributed by atoms with Crippen molar-refractivity contribution in [1.82, 2.24) is 19.9 Å². The second-order valence-corrected chi connectivity index (χ2v) is 8.05. The zero-order valence-electron chi connectivity index (χ0n) is 19.5. The molecular formula is C28H24N6O. The van der Waals surface area contributed by atoms with E-state index < -0.39 is 0 Å². The van der Waals surface area contributed by atoms with Gasteiger partial charge >= 0.3 is 0 Å². The van der Waals surface area contributed by atoms with Crippen LogP contribution in [0.25, 0.3) is 24.3 Å². The highest BCUT2D eigenvalue weighted by molar-refractivity contribution is 6.13. The van der Waals surface area contributed by atoms with Crippen molar-refractivity contribution < 1.29 is 4.79 Å². The van der Waals surface area contributed by atoms with Gasteiger partial charge in [0.1, 0.15) is 5.82 Å². The van der Waals surface area contributed by atoms with Gasteiger partial charge in [0.05, 0.1) is 16.9 Å². The number of anilines is 3. The monoisotopic (exact) mass is 460 g/mol. The maximum Gasteiger partial charge on any atom is 0.261 e. The number of carbonyl (C=O) groups is 1. The number of amides is 1. The second kappa shape index (κ2) is 9.69. The fourth-order valence-corrected chi connectivity index (χ4v) is 3.96. The molecule has 0 unspecified atom stereocenters. The van der Waals surface area contributed by atoms with Gasteiger partial charge in [0, 0.05) is 44.6 Å². The molecule has 172 valence electrons. The molecule has 1 aliphatic rings. The van der Waals surface area contributed by atoms with Gasteiger partial charge in [-0.15, -0.1) is 0 Å². The van der Waals surface area contributed by atoms with Gasteiger partial charge < -0.3 is 9.80 Å². The molecule has 7 heteroatoms. The van der Waals surface area contributed by atoms with Gasteiger partial charge in [-0.25, -0.2) is 9.97 Å². The number of aromatic nitrogens is 4. The molecule has 0 radical (unpaired) electrons. The summed E-state index contributed by atoms with van der Waals surface area (Å²) in [7, 11) is 1.78. The summed E-state index contributed by atoms with van der Waals surface area (Å²) in [5, 5.41) is 0. The molecule has 7 nitrogen and oxygen atoms in total. The van der Waals surface area contributed by atoms with Crippen LogP contribution in [0.5, 0.6) is 0 Å². The predicted molar refractivity (Wildman–Crippen MR) is 140 cm³/mol. The van der Waals surface area contributed by atoms with Crippen molar-refractivity contribution >= 4 is 47.5 Å². The van der Waals surface area contributed by atoms with Crippen LogP contribution in [0.3, 0.4) is 0 Å². The minimum absolute atomic E-state index is 0.120. The summed E-state index contributed by atoms with van der Waals surface area (Å²) in [5.74, 6) is 1.18. The van der Waals surface area contributed by atoms with Crippen LogP contribution in [0.2, 0.25) is 0 Å². The minimum atomic E-state index is -0.120. The lowest BCUT2D eigenvalue weighted by Crippen LogP contribution is -2.25. The Morgan fingerprint density at radius 1 is 0.800 bits per heavy atom. The van der Waals surface area contributed by atoms with Crippen molar-refractivity contribution in [3.8, 4) is 0 Å². The summed E-state index contributed by atoms with van der Waals surface area (Å²) in [6.07, 6.45) is 16.7. The number of hydrogen-bond donors (Lipinski definition) is 0. The maximum atomic E-state index is 13.5. The highest BCUT2D eigenvalue weighted by Gasteiger charge is 2.30. The molecule has 5 heterocycles. The van der Waals surface area contributed by atoms with E-state index in [1.807, 2.05) is 78.6 Å². The Bertz CT molecular complexity index is 1420. The molecule has 0 aromatic carbocycles. The first-order valence-electron chi connectivity index (χ1n) is 11.4. The van der Waals surface area contributed by atoms with E-state index >= 15 is 0 Å². The molecule has 0 saturated carbocycles. The molecule has 0 spiro atoms. The zero-order valence-corrected chi connectivity index (χ0v) is 19.5. The van der Waals surface area contributed by atoms with Gasteiger partial charge in [0.15, 0.2) is 5.82 Å². The number of nitrogens with zero attached hydrogens (tertiary/aromatic N) is 6. The van der Waals surface area contributed by atoms with Gasteiger partial charge in [-0.3, -0.25) is 14.8 Å². The lowest BCUT2D eigenvalue weighted by Gasteiger charge is -2.23. The van der Waals surface area contributed by atoms with E-state index in [1.54, 1.807) is 42.9 Å². The van der Waals surface area contributed by atoms with Gasteiger partial charge in [-0.1, -0.05) is 18.2 Å². The maximum absolute atomic E-state index is 13.5. The topological polar surface area (TPSA) is 75.1 Å². The molecule has 35 heavy (non-hydrogen) atoms. The van der Waals surface area contributed by atoms with Crippen molar-refractivity contribution in [3.63, 3.8) is 0 Å². The van der Waals surface area contributed by atoms with E-state index in [1.165, 1.54) is 0 Å².